The second-order valence-electron chi connectivity index (χ2n) is 5.06. The van der Waals surface area contributed by atoms with E-state index < -0.39 is 0 Å². The second-order valence-corrected chi connectivity index (χ2v) is 5.06. The average molecular weight is 267 g/mol. The third-order valence-corrected chi connectivity index (χ3v) is 3.71. The van der Waals surface area contributed by atoms with Crippen LogP contribution in [0.25, 0.3) is 0 Å². The number of ketones is 1. The van der Waals surface area contributed by atoms with Gasteiger partial charge in [0.1, 0.15) is 5.78 Å². The number of carbonyl (C=O) groups is 1. The van der Waals surface area contributed by atoms with Crippen molar-refractivity contribution in [2.24, 2.45) is 0 Å². The van der Waals surface area contributed by atoms with Gasteiger partial charge in [-0.1, -0.05) is 60.7 Å². The predicted octanol–water partition coefficient (Wildman–Crippen LogP) is 3.39. The molecule has 2 aromatic rings. The molecule has 0 spiro atoms. The Kier molecular flexibility index (Phi) is 5.08. The first-order valence-electron chi connectivity index (χ1n) is 7.00. The van der Waals surface area contributed by atoms with Gasteiger partial charge in [-0.25, -0.2) is 0 Å². The summed E-state index contributed by atoms with van der Waals surface area (Å²) in [6.07, 6.45) is 0.778. The Morgan fingerprint density at radius 3 is 1.75 bits per heavy atom. The lowest BCUT2D eigenvalue weighted by atomic mass is 9.85. The van der Waals surface area contributed by atoms with E-state index >= 15 is 0 Å². The summed E-state index contributed by atoms with van der Waals surface area (Å²) in [5, 5.41) is 3.12. The molecule has 1 N–H and O–H groups in total. The van der Waals surface area contributed by atoms with Crippen LogP contribution in [0, 0.1) is 0 Å². The molecule has 104 valence electrons. The number of nitrogens with one attached hydrogen (secondary N) is 1. The zero-order valence-corrected chi connectivity index (χ0v) is 12.0. The van der Waals surface area contributed by atoms with Crippen LogP contribution in [0.1, 0.15) is 30.4 Å². The highest BCUT2D eigenvalue weighted by Gasteiger charge is 2.21. The van der Waals surface area contributed by atoms with E-state index in [0.717, 1.165) is 6.42 Å². The first-order valence-corrected chi connectivity index (χ1v) is 7.00. The fourth-order valence-corrected chi connectivity index (χ4v) is 2.56. The van der Waals surface area contributed by atoms with Crippen LogP contribution in [0.5, 0.6) is 0 Å². The molecule has 0 heterocycles. The maximum absolute atomic E-state index is 11.7. The van der Waals surface area contributed by atoms with E-state index in [2.05, 4.69) is 29.6 Å². The van der Waals surface area contributed by atoms with Crippen LogP contribution in [-0.2, 0) is 4.79 Å². The molecular weight excluding hydrogens is 246 g/mol. The standard InChI is InChI=1S/C18H21NO/c1-14(20)18(19-2)13-17(15-9-5-3-6-10-15)16-11-7-4-8-12-16/h3-12,17-19H,13H2,1-2H3/t18-/m0/s1. The molecule has 0 amide bonds. The van der Waals surface area contributed by atoms with E-state index in [0.29, 0.717) is 0 Å². The summed E-state index contributed by atoms with van der Waals surface area (Å²) < 4.78 is 0. The van der Waals surface area contributed by atoms with Crippen molar-refractivity contribution < 1.29 is 4.79 Å². The number of likely N-dealkylation sites (N-methyl/N-ethyl adjacent to an activating group) is 1. The normalized spacial score (nSPS) is 12.3. The van der Waals surface area contributed by atoms with Crippen LogP contribution in [0.3, 0.4) is 0 Å². The molecule has 1 atom stereocenters. The number of benzene rings is 2. The average Bonchev–Trinajstić information content (AvgIpc) is 2.50. The lowest BCUT2D eigenvalue weighted by Crippen LogP contribution is -2.34. The molecule has 0 fully saturated rings. The molecule has 0 aliphatic heterocycles. The summed E-state index contributed by atoms with van der Waals surface area (Å²) in [5.74, 6) is 0.420. The maximum atomic E-state index is 11.7. The number of rotatable bonds is 6. The summed E-state index contributed by atoms with van der Waals surface area (Å²) in [7, 11) is 1.85. The first kappa shape index (κ1) is 14.5. The number of carbonyl (C=O) groups excluding carboxylic acids is 1. The highest BCUT2D eigenvalue weighted by molar-refractivity contribution is 5.81. The Labute approximate surface area is 120 Å². The molecule has 0 bridgehead atoms. The summed E-state index contributed by atoms with van der Waals surface area (Å²) in [4.78, 5) is 11.7. The molecule has 0 aliphatic carbocycles. The van der Waals surface area contributed by atoms with Gasteiger partial charge in [-0.15, -0.1) is 0 Å². The quantitative estimate of drug-likeness (QED) is 0.869. The molecule has 0 radical (unpaired) electrons. The van der Waals surface area contributed by atoms with Gasteiger partial charge in [0, 0.05) is 5.92 Å². The van der Waals surface area contributed by atoms with Crippen LogP contribution < -0.4 is 5.32 Å². The van der Waals surface area contributed by atoms with Crippen LogP contribution in [0.2, 0.25) is 0 Å². The van der Waals surface area contributed by atoms with Crippen molar-refractivity contribution in [3.63, 3.8) is 0 Å². The van der Waals surface area contributed by atoms with Crippen molar-refractivity contribution in [1.29, 1.82) is 0 Å². The highest BCUT2D eigenvalue weighted by Crippen LogP contribution is 2.29. The molecule has 0 unspecified atom stereocenters. The first-order chi connectivity index (χ1) is 9.72. The van der Waals surface area contributed by atoms with Crippen LogP contribution in [-0.4, -0.2) is 18.9 Å². The molecule has 0 aliphatic rings. The minimum Gasteiger partial charge on any atom is -0.311 e. The largest absolute Gasteiger partial charge is 0.311 e. The van der Waals surface area contributed by atoms with Crippen molar-refractivity contribution in [3.8, 4) is 0 Å². The maximum Gasteiger partial charge on any atom is 0.146 e. The lowest BCUT2D eigenvalue weighted by molar-refractivity contribution is -0.119. The fourth-order valence-electron chi connectivity index (χ4n) is 2.56. The zero-order valence-electron chi connectivity index (χ0n) is 12.0. The van der Waals surface area contributed by atoms with Gasteiger partial charge in [0.25, 0.3) is 0 Å². The molecule has 2 nitrogen and oxygen atoms in total. The van der Waals surface area contributed by atoms with Crippen molar-refractivity contribution >= 4 is 5.78 Å². The summed E-state index contributed by atoms with van der Waals surface area (Å²) in [6.45, 7) is 1.65. The van der Waals surface area contributed by atoms with Crippen molar-refractivity contribution in [2.75, 3.05) is 7.05 Å². The van der Waals surface area contributed by atoms with Gasteiger partial charge in [-0.3, -0.25) is 4.79 Å². The Morgan fingerprint density at radius 2 is 1.40 bits per heavy atom. The van der Waals surface area contributed by atoms with Gasteiger partial charge in [0.05, 0.1) is 6.04 Å². The van der Waals surface area contributed by atoms with E-state index in [1.807, 2.05) is 43.4 Å². The Hall–Kier alpha value is -1.93. The molecule has 2 heteroatoms. The minimum atomic E-state index is -0.111. The number of Topliss-reactive ketones (excluding diaryl/α,β-unsaturated/α-hetero) is 1. The zero-order chi connectivity index (χ0) is 14.4. The van der Waals surface area contributed by atoms with Gasteiger partial charge >= 0.3 is 0 Å². The minimum absolute atomic E-state index is 0.111. The Morgan fingerprint density at radius 1 is 0.950 bits per heavy atom. The molecule has 0 aromatic heterocycles. The Bertz CT molecular complexity index is 496. The van der Waals surface area contributed by atoms with Gasteiger partial charge in [-0.2, -0.15) is 0 Å². The van der Waals surface area contributed by atoms with Gasteiger partial charge < -0.3 is 5.32 Å². The van der Waals surface area contributed by atoms with Gasteiger partial charge in [-0.05, 0) is 31.5 Å². The smallest absolute Gasteiger partial charge is 0.146 e. The van der Waals surface area contributed by atoms with Crippen LogP contribution >= 0.6 is 0 Å². The van der Waals surface area contributed by atoms with E-state index in [1.165, 1.54) is 11.1 Å². The molecular formula is C18H21NO. The second kappa shape index (κ2) is 7.01. The van der Waals surface area contributed by atoms with E-state index in [-0.39, 0.29) is 17.7 Å². The van der Waals surface area contributed by atoms with Crippen molar-refractivity contribution in [1.82, 2.24) is 5.32 Å². The summed E-state index contributed by atoms with van der Waals surface area (Å²) in [6, 6.07) is 20.6. The van der Waals surface area contributed by atoms with Gasteiger partial charge in [0.15, 0.2) is 0 Å². The predicted molar refractivity (Wildman–Crippen MR) is 82.9 cm³/mol. The molecule has 0 saturated carbocycles. The number of hydrogen-bond acceptors (Lipinski definition) is 2. The lowest BCUT2D eigenvalue weighted by Gasteiger charge is -2.22. The Balaban J connectivity index is 2.32. The third kappa shape index (κ3) is 3.55. The van der Waals surface area contributed by atoms with Gasteiger partial charge in [0.2, 0.25) is 0 Å². The molecule has 20 heavy (non-hydrogen) atoms. The number of hydrogen-bond donors (Lipinski definition) is 1. The van der Waals surface area contributed by atoms with Crippen LogP contribution in [0.15, 0.2) is 60.7 Å². The molecule has 2 rings (SSSR count). The van der Waals surface area contributed by atoms with E-state index in [1.54, 1.807) is 6.92 Å². The highest BCUT2D eigenvalue weighted by atomic mass is 16.1. The topological polar surface area (TPSA) is 29.1 Å². The third-order valence-electron chi connectivity index (χ3n) is 3.71. The fraction of sp³-hybridized carbons (Fsp3) is 0.278. The monoisotopic (exact) mass is 267 g/mol. The van der Waals surface area contributed by atoms with Crippen molar-refractivity contribution in [3.05, 3.63) is 71.8 Å². The van der Waals surface area contributed by atoms with E-state index in [4.69, 9.17) is 0 Å². The van der Waals surface area contributed by atoms with E-state index in [9.17, 15) is 4.79 Å². The van der Waals surface area contributed by atoms with Crippen molar-refractivity contribution in [2.45, 2.75) is 25.3 Å². The summed E-state index contributed by atoms with van der Waals surface area (Å²) >= 11 is 0. The van der Waals surface area contributed by atoms with Crippen LogP contribution in [0.4, 0.5) is 0 Å². The molecule has 2 aromatic carbocycles. The molecule has 0 saturated heterocycles. The SMILES string of the molecule is CN[C@@H](CC(c1ccccc1)c1ccccc1)C(C)=O. The summed E-state index contributed by atoms with van der Waals surface area (Å²) in [5.41, 5.74) is 2.50.